The zero-order valence-corrected chi connectivity index (χ0v) is 32.0. The van der Waals surface area contributed by atoms with Gasteiger partial charge in [-0.1, -0.05) is 200 Å². The summed E-state index contributed by atoms with van der Waals surface area (Å²) in [4.78, 5) is 15.8. The van der Waals surface area contributed by atoms with E-state index in [1.807, 2.05) is 24.3 Å². The second-order valence-corrected chi connectivity index (χ2v) is 14.7. The summed E-state index contributed by atoms with van der Waals surface area (Å²) in [5, 5.41) is 4.08. The van der Waals surface area contributed by atoms with E-state index < -0.39 is 0 Å². The van der Waals surface area contributed by atoms with Gasteiger partial charge in [-0.05, 0) is 62.0 Å². The smallest absolute Gasteiger partial charge is 0.164 e. The molecule has 0 aliphatic carbocycles. The molecule has 2 aromatic heterocycles. The molecule has 0 saturated heterocycles. The number of nitrogens with zero attached hydrogens (tertiary/aromatic N) is 3. The quantitative estimate of drug-likeness (QED) is 0.163. The van der Waals surface area contributed by atoms with E-state index in [1.165, 1.54) is 11.1 Å². The van der Waals surface area contributed by atoms with Gasteiger partial charge < -0.3 is 4.42 Å². The van der Waals surface area contributed by atoms with Crippen molar-refractivity contribution in [2.24, 2.45) is 0 Å². The highest BCUT2D eigenvalue weighted by atomic mass is 16.3. The predicted octanol–water partition coefficient (Wildman–Crippen LogP) is 14.6. The molecule has 11 rings (SSSR count). The summed E-state index contributed by atoms with van der Waals surface area (Å²) >= 11 is 0. The van der Waals surface area contributed by atoms with Gasteiger partial charge in [-0.15, -0.1) is 0 Å². The number of hydrogen-bond donors (Lipinski definition) is 0. The molecule has 0 fully saturated rings. The molecule has 4 nitrogen and oxygen atoms in total. The number of aromatic nitrogens is 3. The van der Waals surface area contributed by atoms with E-state index in [0.717, 1.165) is 82.8 Å². The van der Waals surface area contributed by atoms with Gasteiger partial charge in [0.1, 0.15) is 11.2 Å². The first-order valence-electron chi connectivity index (χ1n) is 19.9. The molecule has 0 saturated carbocycles. The average molecular weight is 754 g/mol. The highest BCUT2D eigenvalue weighted by molar-refractivity contribution is 6.22. The van der Waals surface area contributed by atoms with Crippen molar-refractivity contribution in [3.63, 3.8) is 0 Å². The van der Waals surface area contributed by atoms with Crippen LogP contribution in [-0.4, -0.2) is 15.0 Å². The van der Waals surface area contributed by atoms with E-state index in [9.17, 15) is 0 Å². The molecule has 59 heavy (non-hydrogen) atoms. The van der Waals surface area contributed by atoms with Gasteiger partial charge in [-0.25, -0.2) is 15.0 Å². The van der Waals surface area contributed by atoms with Crippen LogP contribution in [0.4, 0.5) is 0 Å². The number of rotatable bonds is 7. The highest BCUT2D eigenvalue weighted by Crippen LogP contribution is 2.43. The molecule has 0 aliphatic rings. The lowest BCUT2D eigenvalue weighted by Gasteiger charge is -2.13. The standard InChI is InChI=1S/C55H35N3O/c1-4-15-36(16-5-1)38-27-31-41(32-28-38)44-25-14-26-50-51(44)49-35-48(45-22-11-12-23-46(45)52(49)59-50)55-57-53(42-33-29-39(30-34-42)37-17-6-2-7-18-37)56-54(58-55)47-24-13-10-21-43(47)40-19-8-3-9-20-40/h1-35H. The maximum atomic E-state index is 6.76. The number of furan rings is 1. The third kappa shape index (κ3) is 6.24. The van der Waals surface area contributed by atoms with Gasteiger partial charge in [0.15, 0.2) is 17.5 Å². The summed E-state index contributed by atoms with van der Waals surface area (Å²) in [6.45, 7) is 0. The fourth-order valence-corrected chi connectivity index (χ4v) is 8.28. The third-order valence-corrected chi connectivity index (χ3v) is 11.2. The molecule has 0 unspecified atom stereocenters. The molecule has 2 heterocycles. The summed E-state index contributed by atoms with van der Waals surface area (Å²) in [7, 11) is 0. The van der Waals surface area contributed by atoms with Crippen molar-refractivity contribution in [1.29, 1.82) is 0 Å². The second kappa shape index (κ2) is 14.5. The van der Waals surface area contributed by atoms with Crippen molar-refractivity contribution >= 4 is 32.7 Å². The van der Waals surface area contributed by atoms with E-state index in [0.29, 0.717) is 17.5 Å². The molecular weight excluding hydrogens is 719 g/mol. The summed E-state index contributed by atoms with van der Waals surface area (Å²) in [6.07, 6.45) is 0. The summed E-state index contributed by atoms with van der Waals surface area (Å²) < 4.78 is 6.76. The van der Waals surface area contributed by atoms with Crippen molar-refractivity contribution in [3.8, 4) is 78.7 Å². The van der Waals surface area contributed by atoms with E-state index in [-0.39, 0.29) is 0 Å². The van der Waals surface area contributed by atoms with Crippen molar-refractivity contribution in [1.82, 2.24) is 15.0 Å². The predicted molar refractivity (Wildman–Crippen MR) is 243 cm³/mol. The van der Waals surface area contributed by atoms with Gasteiger partial charge in [-0.2, -0.15) is 0 Å². The lowest BCUT2D eigenvalue weighted by Crippen LogP contribution is -2.01. The number of hydrogen-bond acceptors (Lipinski definition) is 4. The normalized spacial score (nSPS) is 11.4. The summed E-state index contributed by atoms with van der Waals surface area (Å²) in [5.41, 5.74) is 13.5. The SMILES string of the molecule is c1ccc(-c2ccc(-c3nc(-c4ccccc4-c4ccccc4)nc(-c4cc5c(oc6cccc(-c7ccc(-c8ccccc8)cc7)c65)c5ccccc45)n3)cc2)cc1. The zero-order chi connectivity index (χ0) is 39.1. The zero-order valence-electron chi connectivity index (χ0n) is 32.0. The Hall–Kier alpha value is -7.95. The topological polar surface area (TPSA) is 51.8 Å². The van der Waals surface area contributed by atoms with Crippen molar-refractivity contribution < 1.29 is 4.42 Å². The fraction of sp³-hybridized carbons (Fsp3) is 0. The number of benzene rings is 9. The molecule has 0 amide bonds. The van der Waals surface area contributed by atoms with Gasteiger partial charge in [0.25, 0.3) is 0 Å². The molecule has 11 aromatic rings. The minimum absolute atomic E-state index is 0.595. The first-order valence-corrected chi connectivity index (χ1v) is 19.9. The minimum Gasteiger partial charge on any atom is -0.455 e. The molecule has 0 bridgehead atoms. The van der Waals surface area contributed by atoms with Crippen molar-refractivity contribution in [2.75, 3.05) is 0 Å². The van der Waals surface area contributed by atoms with Crippen LogP contribution in [0, 0.1) is 0 Å². The highest BCUT2D eigenvalue weighted by Gasteiger charge is 2.21. The average Bonchev–Trinajstić information content (AvgIpc) is 3.71. The van der Waals surface area contributed by atoms with Crippen molar-refractivity contribution in [3.05, 3.63) is 212 Å². The molecule has 0 N–H and O–H groups in total. The van der Waals surface area contributed by atoms with Crippen LogP contribution in [0.15, 0.2) is 217 Å². The van der Waals surface area contributed by atoms with Crippen LogP contribution < -0.4 is 0 Å². The summed E-state index contributed by atoms with van der Waals surface area (Å²) in [6, 6.07) is 73.9. The molecule has 276 valence electrons. The molecule has 0 atom stereocenters. The second-order valence-electron chi connectivity index (χ2n) is 14.7. The number of fused-ring (bicyclic) bond motifs is 5. The first-order chi connectivity index (χ1) is 29.2. The van der Waals surface area contributed by atoms with E-state index in [4.69, 9.17) is 19.4 Å². The first kappa shape index (κ1) is 34.3. The van der Waals surface area contributed by atoms with Crippen LogP contribution in [-0.2, 0) is 0 Å². The molecule has 0 spiro atoms. The molecule has 0 aliphatic heterocycles. The third-order valence-electron chi connectivity index (χ3n) is 11.2. The Balaban J connectivity index is 1.13. The Labute approximate surface area is 341 Å². The van der Waals surface area contributed by atoms with Crippen molar-refractivity contribution in [2.45, 2.75) is 0 Å². The maximum absolute atomic E-state index is 6.76. The van der Waals surface area contributed by atoms with Gasteiger partial charge in [0.05, 0.1) is 0 Å². The lowest BCUT2D eigenvalue weighted by atomic mass is 9.94. The van der Waals surface area contributed by atoms with Gasteiger partial charge >= 0.3 is 0 Å². The molecule has 9 aromatic carbocycles. The molecular formula is C55H35N3O. The van der Waals surface area contributed by atoms with E-state index >= 15 is 0 Å². The fourth-order valence-electron chi connectivity index (χ4n) is 8.28. The van der Waals surface area contributed by atoms with Crippen LogP contribution in [0.25, 0.3) is 111 Å². The minimum atomic E-state index is 0.595. The van der Waals surface area contributed by atoms with E-state index in [1.54, 1.807) is 0 Å². The summed E-state index contributed by atoms with van der Waals surface area (Å²) in [5.74, 6) is 1.81. The largest absolute Gasteiger partial charge is 0.455 e. The lowest BCUT2D eigenvalue weighted by molar-refractivity contribution is 0.673. The van der Waals surface area contributed by atoms with Crippen LogP contribution in [0.1, 0.15) is 0 Å². The van der Waals surface area contributed by atoms with Gasteiger partial charge in [0, 0.05) is 32.8 Å². The van der Waals surface area contributed by atoms with Crippen LogP contribution in [0.5, 0.6) is 0 Å². The van der Waals surface area contributed by atoms with Gasteiger partial charge in [0.2, 0.25) is 0 Å². The maximum Gasteiger partial charge on any atom is 0.164 e. The Morgan fingerprint density at radius 3 is 1.36 bits per heavy atom. The van der Waals surface area contributed by atoms with E-state index in [2.05, 4.69) is 188 Å². The molecule has 0 radical (unpaired) electrons. The molecule has 4 heteroatoms. The van der Waals surface area contributed by atoms with Crippen LogP contribution in [0.2, 0.25) is 0 Å². The van der Waals surface area contributed by atoms with Crippen LogP contribution >= 0.6 is 0 Å². The monoisotopic (exact) mass is 753 g/mol. The Morgan fingerprint density at radius 1 is 0.271 bits per heavy atom. The Bertz CT molecular complexity index is 3280. The Kier molecular flexibility index (Phi) is 8.45. The van der Waals surface area contributed by atoms with Gasteiger partial charge in [-0.3, -0.25) is 0 Å². The van der Waals surface area contributed by atoms with Crippen LogP contribution in [0.3, 0.4) is 0 Å². The Morgan fingerprint density at radius 2 is 0.712 bits per heavy atom.